The van der Waals surface area contributed by atoms with E-state index in [9.17, 15) is 9.59 Å². The zero-order valence-electron chi connectivity index (χ0n) is 40.5. The largest absolute Gasteiger partial charge is 0.491 e. The second-order valence-corrected chi connectivity index (χ2v) is 20.4. The van der Waals surface area contributed by atoms with Gasteiger partial charge in [0.05, 0.1) is 45.1 Å². The van der Waals surface area contributed by atoms with Crippen molar-refractivity contribution < 1.29 is 52.8 Å². The highest BCUT2D eigenvalue weighted by atomic mass is 31.2. The van der Waals surface area contributed by atoms with E-state index in [1.54, 1.807) is 0 Å². The fourth-order valence-corrected chi connectivity index (χ4v) is 13.5. The maximum Gasteiger partial charge on any atom is 0.329 e. The normalized spacial score (nSPS) is 15.1. The molecule has 1 heterocycles. The van der Waals surface area contributed by atoms with E-state index in [2.05, 4.69) is 95.9 Å². The van der Waals surface area contributed by atoms with Crippen molar-refractivity contribution >= 4 is 68.4 Å². The van der Waals surface area contributed by atoms with Crippen molar-refractivity contribution in [1.29, 1.82) is 0 Å². The highest BCUT2D eigenvalue weighted by Crippen LogP contribution is 2.74. The van der Waals surface area contributed by atoms with Crippen molar-refractivity contribution in [2.24, 2.45) is 0 Å². The molecule has 0 aromatic heterocycles. The number of para-hydroxylation sites is 2. The Morgan fingerprint density at radius 1 is 0.459 bits per heavy atom. The highest BCUT2D eigenvalue weighted by molar-refractivity contribution is 7.88. The van der Waals surface area contributed by atoms with Gasteiger partial charge in [0.15, 0.2) is 7.14 Å². The fourth-order valence-electron chi connectivity index (χ4n) is 10.2. The number of nitrogens with zero attached hydrogens (tertiary/aromatic N) is 1. The monoisotopic (exact) mass is 1010 g/mol. The molecule has 2 aliphatic rings. The molecule has 1 unspecified atom stereocenters. The molecule has 1 atom stereocenters. The molecular formula is C61H54NO11P. The number of fused-ring (bicyclic) bond motifs is 5. The minimum absolute atomic E-state index is 0.156. The summed E-state index contributed by atoms with van der Waals surface area (Å²) in [7, 11) is -3.60. The molecule has 1 aliphatic heterocycles. The van der Waals surface area contributed by atoms with E-state index in [0.717, 1.165) is 77.1 Å². The summed E-state index contributed by atoms with van der Waals surface area (Å²) >= 11 is 0. The van der Waals surface area contributed by atoms with E-state index in [4.69, 9.17) is 38.6 Å². The first-order chi connectivity index (χ1) is 36.3. The molecule has 0 saturated heterocycles. The molecule has 8 aromatic carbocycles. The van der Waals surface area contributed by atoms with Gasteiger partial charge in [-0.05, 0) is 117 Å². The predicted molar refractivity (Wildman–Crippen MR) is 288 cm³/mol. The Hall–Kier alpha value is -7.83. The molecule has 12 nitrogen and oxygen atoms in total. The van der Waals surface area contributed by atoms with Crippen LogP contribution in [0.1, 0.15) is 27.8 Å². The topological polar surface area (TPSA) is 150 Å². The van der Waals surface area contributed by atoms with Crippen LogP contribution in [0.3, 0.4) is 0 Å². The smallest absolute Gasteiger partial charge is 0.329 e. The van der Waals surface area contributed by atoms with Gasteiger partial charge in [0, 0.05) is 33.0 Å². The predicted octanol–water partition coefficient (Wildman–Crippen LogP) is 10.8. The first-order valence-electron chi connectivity index (χ1n) is 24.5. The summed E-state index contributed by atoms with van der Waals surface area (Å²) in [5.74, 6) is -0.813. The molecule has 0 radical (unpaired) electrons. The van der Waals surface area contributed by atoms with Crippen LogP contribution in [0.5, 0.6) is 11.5 Å². The molecule has 8 aromatic rings. The lowest BCUT2D eigenvalue weighted by Gasteiger charge is -2.37. The van der Waals surface area contributed by atoms with Crippen LogP contribution >= 0.6 is 7.14 Å². The lowest BCUT2D eigenvalue weighted by Crippen LogP contribution is -2.30. The molecule has 374 valence electrons. The molecule has 0 amide bonds. The van der Waals surface area contributed by atoms with E-state index in [-0.39, 0.29) is 66.1 Å². The number of carbonyl (C=O) groups is 2. The summed E-state index contributed by atoms with van der Waals surface area (Å²) in [6, 6.07) is 65.9. The van der Waals surface area contributed by atoms with Crippen LogP contribution in [-0.2, 0) is 38.5 Å². The van der Waals surface area contributed by atoms with Crippen LogP contribution in [0.15, 0.2) is 194 Å². The highest BCUT2D eigenvalue weighted by Gasteiger charge is 2.58. The van der Waals surface area contributed by atoms with Crippen LogP contribution in [-0.4, -0.2) is 88.2 Å². The lowest BCUT2D eigenvalue weighted by atomic mass is 9.65. The number of rotatable bonds is 24. The number of carboxylic acid groups (broad SMARTS) is 2. The zero-order valence-corrected chi connectivity index (χ0v) is 41.4. The number of ether oxygens (including phenoxy) is 6. The summed E-state index contributed by atoms with van der Waals surface area (Å²) in [4.78, 5) is 23.9. The maximum atomic E-state index is 17.1. The Morgan fingerprint density at radius 3 is 1.43 bits per heavy atom. The van der Waals surface area contributed by atoms with Crippen molar-refractivity contribution in [1.82, 2.24) is 0 Å². The quantitative estimate of drug-likeness (QED) is 0.0438. The number of anilines is 3. The number of benzene rings is 8. The Morgan fingerprint density at radius 2 is 0.919 bits per heavy atom. The number of hydrogen-bond acceptors (Lipinski definition) is 10. The van der Waals surface area contributed by atoms with Crippen LogP contribution in [0, 0.1) is 0 Å². The SMILES string of the molecule is O=C(O)COCCOCCOc1ccc(C2(c3ccc(OCCOCCOCC(=O)O)cc3)C3=C(c4ccc(N(c5ccccc5)c5ccccc5)cc42)P(=O)(c2ccccc2)c2cc4ccccc4cc23)cc1. The minimum Gasteiger partial charge on any atom is -0.491 e. The van der Waals surface area contributed by atoms with Gasteiger partial charge < -0.3 is 48.1 Å². The van der Waals surface area contributed by atoms with Gasteiger partial charge in [-0.1, -0.05) is 121 Å². The van der Waals surface area contributed by atoms with E-state index >= 15 is 4.57 Å². The first kappa shape index (κ1) is 49.7. The molecule has 10 rings (SSSR count). The molecule has 13 heteroatoms. The van der Waals surface area contributed by atoms with Gasteiger partial charge in [0.2, 0.25) is 0 Å². The summed E-state index contributed by atoms with van der Waals surface area (Å²) in [5, 5.41) is 22.1. The number of allylic oxidation sites excluding steroid dienone is 1. The van der Waals surface area contributed by atoms with Gasteiger partial charge in [-0.15, -0.1) is 0 Å². The van der Waals surface area contributed by atoms with E-state index in [0.29, 0.717) is 11.5 Å². The van der Waals surface area contributed by atoms with Gasteiger partial charge in [0.1, 0.15) is 37.9 Å². The lowest BCUT2D eigenvalue weighted by molar-refractivity contribution is -0.143. The third-order valence-corrected chi connectivity index (χ3v) is 16.4. The van der Waals surface area contributed by atoms with Crippen molar-refractivity contribution in [3.63, 3.8) is 0 Å². The minimum atomic E-state index is -3.60. The molecule has 74 heavy (non-hydrogen) atoms. The van der Waals surface area contributed by atoms with E-state index in [1.807, 2.05) is 103 Å². The van der Waals surface area contributed by atoms with Crippen LogP contribution in [0.25, 0.3) is 21.7 Å². The van der Waals surface area contributed by atoms with Crippen molar-refractivity contribution in [2.45, 2.75) is 5.41 Å². The summed E-state index contributed by atoms with van der Waals surface area (Å²) < 4.78 is 51.1. The van der Waals surface area contributed by atoms with Gasteiger partial charge in [0.25, 0.3) is 0 Å². The second-order valence-electron chi connectivity index (χ2n) is 17.7. The molecule has 0 spiro atoms. The fraction of sp³-hybridized carbons (Fsp3) is 0.180. The molecular weight excluding hydrogens is 954 g/mol. The number of carboxylic acids is 2. The molecule has 0 fully saturated rings. The summed E-state index contributed by atoms with van der Waals surface area (Å²) in [6.07, 6.45) is 0. The maximum absolute atomic E-state index is 17.1. The standard InChI is InChI=1S/C61H54NO11P/c63-57(64)41-70-32-30-68-34-36-72-50-25-20-45(21-26-50)61(46-22-27-51(28-23-46)73-37-35-69-31-33-71-42-58(65)66)55-40-49(62(47-14-4-1-5-15-47)48-16-6-2-7-17-48)24-29-53(55)60-59(61)54-38-43-12-10-11-13-44(43)39-56(54)74(60,67)52-18-8-3-9-19-52/h1-29,38-40H,30-37,41-42H2,(H,63,64)(H,65,66). The second kappa shape index (κ2) is 22.5. The van der Waals surface area contributed by atoms with Gasteiger partial charge in [-0.3, -0.25) is 0 Å². The molecule has 2 N–H and O–H groups in total. The van der Waals surface area contributed by atoms with Crippen LogP contribution < -0.4 is 25.0 Å². The van der Waals surface area contributed by atoms with Gasteiger partial charge in [-0.25, -0.2) is 9.59 Å². The number of aliphatic carboxylic acids is 2. The molecule has 1 aliphatic carbocycles. The third kappa shape index (κ3) is 9.98. The molecule has 0 bridgehead atoms. The third-order valence-electron chi connectivity index (χ3n) is 13.2. The van der Waals surface area contributed by atoms with Crippen molar-refractivity contribution in [2.75, 3.05) is 71.0 Å². The first-order valence-corrected chi connectivity index (χ1v) is 26.2. The van der Waals surface area contributed by atoms with Gasteiger partial charge in [-0.2, -0.15) is 0 Å². The Labute approximate surface area is 429 Å². The Bertz CT molecular complexity index is 3220. The summed E-state index contributed by atoms with van der Waals surface area (Å²) in [6.45, 7) is 1.07. The van der Waals surface area contributed by atoms with Crippen molar-refractivity contribution in [3.8, 4) is 11.5 Å². The van der Waals surface area contributed by atoms with E-state index < -0.39 is 24.5 Å². The van der Waals surface area contributed by atoms with Crippen molar-refractivity contribution in [3.05, 3.63) is 222 Å². The molecule has 0 saturated carbocycles. The average molecular weight is 1010 g/mol. The number of hydrogen-bond donors (Lipinski definition) is 2. The summed E-state index contributed by atoms with van der Waals surface area (Å²) in [5.41, 5.74) is 7.39. The Balaban J connectivity index is 1.14. The van der Waals surface area contributed by atoms with Crippen LogP contribution in [0.4, 0.5) is 17.1 Å². The van der Waals surface area contributed by atoms with E-state index in [1.165, 1.54) is 0 Å². The average Bonchev–Trinajstić information content (AvgIpc) is 3.90. The van der Waals surface area contributed by atoms with Crippen LogP contribution in [0.2, 0.25) is 0 Å². The van der Waals surface area contributed by atoms with Gasteiger partial charge >= 0.3 is 11.9 Å². The zero-order chi connectivity index (χ0) is 50.9. The Kier molecular flexibility index (Phi) is 15.1.